The van der Waals surface area contributed by atoms with E-state index in [0.717, 1.165) is 15.3 Å². The minimum absolute atomic E-state index is 0.0236. The van der Waals surface area contributed by atoms with Gasteiger partial charge in [-0.1, -0.05) is 0 Å². The number of amides is 1. The molecule has 0 spiro atoms. The van der Waals surface area contributed by atoms with Gasteiger partial charge in [-0.05, 0) is 61.0 Å². The van der Waals surface area contributed by atoms with Gasteiger partial charge in [-0.15, -0.1) is 0 Å². The molecule has 0 fully saturated rings. The van der Waals surface area contributed by atoms with E-state index in [1.165, 1.54) is 32.3 Å². The Hall–Kier alpha value is -3.69. The number of fused-ring (bicyclic) bond motifs is 1. The molecule has 2 aromatic carbocycles. The second-order valence-electron chi connectivity index (χ2n) is 7.59. The lowest BCUT2D eigenvalue weighted by molar-refractivity contribution is 0.102. The summed E-state index contributed by atoms with van der Waals surface area (Å²) in [4.78, 5) is 27.7. The molecule has 9 heteroatoms. The van der Waals surface area contributed by atoms with Crippen molar-refractivity contribution in [1.29, 1.82) is 0 Å². The lowest BCUT2D eigenvalue weighted by atomic mass is 10.1. The van der Waals surface area contributed by atoms with Crippen molar-refractivity contribution >= 4 is 32.5 Å². The van der Waals surface area contributed by atoms with Crippen molar-refractivity contribution in [3.05, 3.63) is 88.5 Å². The van der Waals surface area contributed by atoms with Gasteiger partial charge in [0, 0.05) is 49.1 Å². The zero-order valence-electron chi connectivity index (χ0n) is 17.8. The number of aromatic amines is 1. The molecule has 0 saturated carbocycles. The molecule has 8 nitrogen and oxygen atoms in total. The van der Waals surface area contributed by atoms with Crippen molar-refractivity contribution in [1.82, 2.24) is 13.9 Å². The van der Waals surface area contributed by atoms with E-state index in [9.17, 15) is 18.0 Å². The van der Waals surface area contributed by atoms with Gasteiger partial charge in [0.25, 0.3) is 5.91 Å². The number of benzene rings is 2. The van der Waals surface area contributed by atoms with Gasteiger partial charge in [-0.3, -0.25) is 9.59 Å². The number of sulfonamides is 1. The minimum atomic E-state index is -3.72. The molecule has 4 rings (SSSR count). The Kier molecular flexibility index (Phi) is 5.45. The maximum absolute atomic E-state index is 13.3. The zero-order chi connectivity index (χ0) is 23.0. The standard InChI is InChI=1S/C23H22N4O4S/c1-15-12-22(28)25-20-8-6-16(13-18(15)20)24-23(29)19-14-17(32(30,31)26(2)3)7-9-21(19)27-10-4-5-11-27/h4-14H,1-3H3,(H,24,29)(H,25,28). The van der Waals surface area contributed by atoms with Gasteiger partial charge in [0.2, 0.25) is 15.6 Å². The topological polar surface area (TPSA) is 104 Å². The molecule has 0 aliphatic rings. The van der Waals surface area contributed by atoms with Crippen molar-refractivity contribution in [3.63, 3.8) is 0 Å². The fourth-order valence-corrected chi connectivity index (χ4v) is 4.42. The lowest BCUT2D eigenvalue weighted by Crippen LogP contribution is -2.23. The van der Waals surface area contributed by atoms with E-state index in [4.69, 9.17) is 0 Å². The van der Waals surface area contributed by atoms with Gasteiger partial charge >= 0.3 is 0 Å². The Labute approximate surface area is 185 Å². The predicted octanol–water partition coefficient (Wildman–Crippen LogP) is 3.13. The first-order valence-electron chi connectivity index (χ1n) is 9.82. The van der Waals surface area contributed by atoms with Crippen LogP contribution < -0.4 is 10.9 Å². The molecule has 0 aliphatic carbocycles. The van der Waals surface area contributed by atoms with E-state index < -0.39 is 15.9 Å². The molecule has 0 bridgehead atoms. The quantitative estimate of drug-likeness (QED) is 0.487. The Bertz CT molecular complexity index is 1490. The summed E-state index contributed by atoms with van der Waals surface area (Å²) in [5.74, 6) is -0.453. The van der Waals surface area contributed by atoms with Crippen LogP contribution in [0, 0.1) is 6.92 Å². The van der Waals surface area contributed by atoms with Crippen LogP contribution >= 0.6 is 0 Å². The van der Waals surface area contributed by atoms with E-state index in [1.54, 1.807) is 41.2 Å². The Morgan fingerprint density at radius 1 is 1.03 bits per heavy atom. The third kappa shape index (κ3) is 3.95. The third-order valence-electron chi connectivity index (χ3n) is 5.18. The highest BCUT2D eigenvalue weighted by Gasteiger charge is 2.22. The van der Waals surface area contributed by atoms with Crippen molar-refractivity contribution in [3.8, 4) is 5.69 Å². The van der Waals surface area contributed by atoms with E-state index in [1.807, 2.05) is 19.1 Å². The zero-order valence-corrected chi connectivity index (χ0v) is 18.6. The van der Waals surface area contributed by atoms with Crippen LogP contribution in [0.4, 0.5) is 5.69 Å². The average Bonchev–Trinajstić information content (AvgIpc) is 3.28. The Morgan fingerprint density at radius 2 is 1.75 bits per heavy atom. The monoisotopic (exact) mass is 450 g/mol. The number of anilines is 1. The summed E-state index contributed by atoms with van der Waals surface area (Å²) >= 11 is 0. The van der Waals surface area contributed by atoms with Crippen LogP contribution in [0.2, 0.25) is 0 Å². The number of pyridine rings is 1. The molecule has 0 unspecified atom stereocenters. The van der Waals surface area contributed by atoms with Crippen molar-refractivity contribution < 1.29 is 13.2 Å². The number of hydrogen-bond acceptors (Lipinski definition) is 4. The molecule has 2 aromatic heterocycles. The van der Waals surface area contributed by atoms with Gasteiger partial charge < -0.3 is 14.9 Å². The maximum Gasteiger partial charge on any atom is 0.257 e. The molecule has 2 heterocycles. The molecule has 32 heavy (non-hydrogen) atoms. The fourth-order valence-electron chi connectivity index (χ4n) is 3.49. The minimum Gasteiger partial charge on any atom is -0.323 e. The molecule has 0 saturated heterocycles. The second kappa shape index (κ2) is 8.10. The van der Waals surface area contributed by atoms with Gasteiger partial charge in [0.05, 0.1) is 16.1 Å². The van der Waals surface area contributed by atoms with Crippen molar-refractivity contribution in [2.75, 3.05) is 19.4 Å². The van der Waals surface area contributed by atoms with E-state index in [-0.39, 0.29) is 16.0 Å². The molecule has 0 radical (unpaired) electrons. The summed E-state index contributed by atoms with van der Waals surface area (Å²) in [6.45, 7) is 1.82. The van der Waals surface area contributed by atoms with Gasteiger partial charge in [-0.25, -0.2) is 12.7 Å². The van der Waals surface area contributed by atoms with Crippen LogP contribution in [0.3, 0.4) is 0 Å². The SMILES string of the molecule is Cc1cc(=O)[nH]c2ccc(NC(=O)c3cc(S(=O)(=O)N(C)C)ccc3-n3cccc3)cc12. The summed E-state index contributed by atoms with van der Waals surface area (Å²) in [6, 6.07) is 14.8. The number of nitrogens with one attached hydrogen (secondary N) is 2. The Morgan fingerprint density at radius 3 is 2.44 bits per heavy atom. The number of nitrogens with zero attached hydrogens (tertiary/aromatic N) is 2. The van der Waals surface area contributed by atoms with Crippen LogP contribution in [-0.2, 0) is 10.0 Å². The van der Waals surface area contributed by atoms with Crippen LogP contribution in [0.5, 0.6) is 0 Å². The van der Waals surface area contributed by atoms with Crippen LogP contribution in [-0.4, -0.2) is 42.3 Å². The molecule has 164 valence electrons. The first-order chi connectivity index (χ1) is 15.2. The second-order valence-corrected chi connectivity index (χ2v) is 9.74. The van der Waals surface area contributed by atoms with Gasteiger partial charge in [0.1, 0.15) is 0 Å². The van der Waals surface area contributed by atoms with Gasteiger partial charge in [-0.2, -0.15) is 0 Å². The number of aromatic nitrogens is 2. The maximum atomic E-state index is 13.3. The number of carbonyl (C=O) groups is 1. The number of hydrogen-bond donors (Lipinski definition) is 2. The van der Waals surface area contributed by atoms with Crippen molar-refractivity contribution in [2.24, 2.45) is 0 Å². The molecule has 2 N–H and O–H groups in total. The molecular weight excluding hydrogens is 428 g/mol. The summed E-state index contributed by atoms with van der Waals surface area (Å²) in [5, 5.41) is 3.65. The Balaban J connectivity index is 1.78. The van der Waals surface area contributed by atoms with Crippen molar-refractivity contribution in [2.45, 2.75) is 11.8 Å². The summed E-state index contributed by atoms with van der Waals surface area (Å²) < 4.78 is 28.1. The van der Waals surface area contributed by atoms with E-state index >= 15 is 0 Å². The lowest BCUT2D eigenvalue weighted by Gasteiger charge is -2.16. The van der Waals surface area contributed by atoms with E-state index in [0.29, 0.717) is 16.9 Å². The summed E-state index contributed by atoms with van der Waals surface area (Å²) in [7, 11) is -0.837. The highest BCUT2D eigenvalue weighted by atomic mass is 32.2. The third-order valence-corrected chi connectivity index (χ3v) is 6.99. The van der Waals surface area contributed by atoms with Crippen LogP contribution in [0.1, 0.15) is 15.9 Å². The van der Waals surface area contributed by atoms with Gasteiger partial charge in [0.15, 0.2) is 0 Å². The number of carbonyl (C=O) groups excluding carboxylic acids is 1. The first-order valence-corrected chi connectivity index (χ1v) is 11.3. The number of H-pyrrole nitrogens is 1. The predicted molar refractivity (Wildman–Crippen MR) is 124 cm³/mol. The molecule has 0 atom stereocenters. The summed E-state index contributed by atoms with van der Waals surface area (Å²) in [6.07, 6.45) is 3.56. The molecule has 4 aromatic rings. The molecular formula is C23H22N4O4S. The average molecular weight is 451 g/mol. The van der Waals surface area contributed by atoms with Crippen LogP contribution in [0.25, 0.3) is 16.6 Å². The van der Waals surface area contributed by atoms with Crippen LogP contribution in [0.15, 0.2) is 76.7 Å². The molecule has 1 amide bonds. The normalized spacial score (nSPS) is 11.8. The highest BCUT2D eigenvalue weighted by molar-refractivity contribution is 7.89. The summed E-state index contributed by atoms with van der Waals surface area (Å²) in [5.41, 5.74) is 2.54. The largest absolute Gasteiger partial charge is 0.323 e. The first kappa shape index (κ1) is 21.5. The smallest absolute Gasteiger partial charge is 0.257 e. The number of aryl methyl sites for hydroxylation is 1. The van der Waals surface area contributed by atoms with E-state index in [2.05, 4.69) is 10.3 Å². The fraction of sp³-hybridized carbons (Fsp3) is 0.130. The highest BCUT2D eigenvalue weighted by Crippen LogP contribution is 2.24. The molecule has 0 aliphatic heterocycles. The number of rotatable bonds is 5.